The van der Waals surface area contributed by atoms with Gasteiger partial charge in [-0.3, -0.25) is 4.79 Å². The fourth-order valence-corrected chi connectivity index (χ4v) is 3.97. The Morgan fingerprint density at radius 2 is 1.96 bits per heavy atom. The predicted molar refractivity (Wildman–Crippen MR) is 101 cm³/mol. The smallest absolute Gasteiger partial charge is 0.256 e. The van der Waals surface area contributed by atoms with E-state index in [1.54, 1.807) is 0 Å². The Labute approximate surface area is 148 Å². The molecule has 1 aliphatic rings. The number of amides is 1. The van der Waals surface area contributed by atoms with Crippen LogP contribution < -0.4 is 0 Å². The van der Waals surface area contributed by atoms with Crippen LogP contribution in [0, 0.1) is 5.92 Å². The number of hydrogen-bond acceptors (Lipinski definition) is 1. The van der Waals surface area contributed by atoms with Crippen molar-refractivity contribution in [2.75, 3.05) is 6.54 Å². The molecule has 25 heavy (non-hydrogen) atoms. The number of carbonyl (C=O) groups excluding carboxylic acids is 1. The summed E-state index contributed by atoms with van der Waals surface area (Å²) in [5.41, 5.74) is 3.18. The minimum atomic E-state index is 0.100. The number of aromatic nitrogens is 2. The van der Waals surface area contributed by atoms with Gasteiger partial charge in [-0.2, -0.15) is 0 Å². The Bertz CT molecular complexity index is 918. The van der Waals surface area contributed by atoms with E-state index in [0.29, 0.717) is 5.92 Å². The molecule has 1 aliphatic heterocycles. The quantitative estimate of drug-likeness (QED) is 0.701. The molecule has 0 fully saturated rings. The summed E-state index contributed by atoms with van der Waals surface area (Å²) in [6.07, 6.45) is 4.15. The molecule has 0 saturated heterocycles. The van der Waals surface area contributed by atoms with E-state index in [4.69, 9.17) is 0 Å². The number of carbonyl (C=O) groups is 1. The molecule has 0 aliphatic carbocycles. The van der Waals surface area contributed by atoms with Gasteiger partial charge in [0, 0.05) is 48.6 Å². The zero-order valence-electron chi connectivity index (χ0n) is 15.1. The average molecular weight is 335 g/mol. The molecule has 2 aromatic heterocycles. The second-order valence-corrected chi connectivity index (χ2v) is 7.41. The van der Waals surface area contributed by atoms with Crippen molar-refractivity contribution in [2.45, 2.75) is 39.9 Å². The third kappa shape index (κ3) is 2.66. The molecule has 1 unspecified atom stereocenters. The van der Waals surface area contributed by atoms with E-state index in [9.17, 15) is 4.79 Å². The monoisotopic (exact) mass is 335 g/mol. The van der Waals surface area contributed by atoms with Crippen LogP contribution in [-0.2, 0) is 13.1 Å². The van der Waals surface area contributed by atoms with E-state index in [1.165, 1.54) is 5.69 Å². The summed E-state index contributed by atoms with van der Waals surface area (Å²) in [4.78, 5) is 15.4. The van der Waals surface area contributed by atoms with Crippen molar-refractivity contribution in [3.05, 3.63) is 60.0 Å². The fraction of sp³-hybridized carbons (Fsp3) is 0.381. The Morgan fingerprint density at radius 1 is 1.16 bits per heavy atom. The first-order valence-electron chi connectivity index (χ1n) is 9.10. The molecule has 3 aromatic rings. The molecule has 0 N–H and O–H groups in total. The minimum absolute atomic E-state index is 0.100. The lowest BCUT2D eigenvalue weighted by Crippen LogP contribution is -2.40. The number of benzene rings is 1. The van der Waals surface area contributed by atoms with Crippen LogP contribution in [0.5, 0.6) is 0 Å². The van der Waals surface area contributed by atoms with Crippen molar-refractivity contribution >= 4 is 16.8 Å². The molecule has 1 aromatic carbocycles. The van der Waals surface area contributed by atoms with Crippen molar-refractivity contribution < 1.29 is 4.79 Å². The largest absolute Gasteiger partial charge is 0.348 e. The zero-order valence-corrected chi connectivity index (χ0v) is 15.1. The molecule has 0 saturated carbocycles. The first-order valence-corrected chi connectivity index (χ1v) is 9.10. The van der Waals surface area contributed by atoms with E-state index < -0.39 is 0 Å². The molecule has 4 nitrogen and oxygen atoms in total. The summed E-state index contributed by atoms with van der Waals surface area (Å²) >= 11 is 0. The summed E-state index contributed by atoms with van der Waals surface area (Å²) < 4.78 is 4.47. The number of para-hydroxylation sites is 1. The first kappa shape index (κ1) is 16.0. The maximum absolute atomic E-state index is 13.4. The summed E-state index contributed by atoms with van der Waals surface area (Å²) in [6.45, 7) is 9.07. The number of fused-ring (bicyclic) bond motifs is 2. The van der Waals surface area contributed by atoms with Crippen LogP contribution in [0.15, 0.2) is 48.8 Å². The van der Waals surface area contributed by atoms with Gasteiger partial charge in [0.15, 0.2) is 0 Å². The van der Waals surface area contributed by atoms with Crippen LogP contribution in [0.25, 0.3) is 10.9 Å². The Morgan fingerprint density at radius 3 is 2.76 bits per heavy atom. The average Bonchev–Trinajstić information content (AvgIpc) is 3.20. The maximum Gasteiger partial charge on any atom is 0.256 e. The van der Waals surface area contributed by atoms with Crippen molar-refractivity contribution in [2.24, 2.45) is 5.92 Å². The molecule has 1 atom stereocenters. The SMILES string of the molecule is CC(C)Cn1cc(C(=O)N2CCn3cccc3C2C)c2ccccc21. The Kier molecular flexibility index (Phi) is 3.91. The standard InChI is InChI=1S/C21H25N3O/c1-15(2)13-23-14-18(17-7-4-5-8-20(17)23)21(25)24-12-11-22-10-6-9-19(22)16(24)3/h4-10,14-16H,11-13H2,1-3H3. The van der Waals surface area contributed by atoms with Crippen LogP contribution in [-0.4, -0.2) is 26.5 Å². The summed E-state index contributed by atoms with van der Waals surface area (Å²) in [6, 6.07) is 12.5. The highest BCUT2D eigenvalue weighted by Crippen LogP contribution is 2.30. The van der Waals surface area contributed by atoms with Crippen molar-refractivity contribution in [3.63, 3.8) is 0 Å². The minimum Gasteiger partial charge on any atom is -0.348 e. The van der Waals surface area contributed by atoms with Gasteiger partial charge in [0.2, 0.25) is 0 Å². The topological polar surface area (TPSA) is 30.2 Å². The van der Waals surface area contributed by atoms with Gasteiger partial charge in [-0.05, 0) is 31.0 Å². The zero-order chi connectivity index (χ0) is 17.6. The predicted octanol–water partition coefficient (Wildman–Crippen LogP) is 4.32. The molecular weight excluding hydrogens is 310 g/mol. The molecule has 4 heteroatoms. The highest BCUT2D eigenvalue weighted by atomic mass is 16.2. The van der Waals surface area contributed by atoms with Crippen molar-refractivity contribution in [1.29, 1.82) is 0 Å². The molecule has 130 valence electrons. The van der Waals surface area contributed by atoms with Gasteiger partial charge in [0.25, 0.3) is 5.91 Å². The van der Waals surface area contributed by atoms with Gasteiger partial charge in [-0.15, -0.1) is 0 Å². The summed E-state index contributed by atoms with van der Waals surface area (Å²) in [5, 5.41) is 1.06. The van der Waals surface area contributed by atoms with Gasteiger partial charge in [0.05, 0.1) is 11.6 Å². The van der Waals surface area contributed by atoms with Crippen LogP contribution >= 0.6 is 0 Å². The van der Waals surface area contributed by atoms with E-state index in [0.717, 1.165) is 36.1 Å². The van der Waals surface area contributed by atoms with E-state index in [1.807, 2.05) is 23.2 Å². The highest BCUT2D eigenvalue weighted by molar-refractivity contribution is 6.07. The molecular formula is C21H25N3O. The Balaban J connectivity index is 1.73. The molecule has 3 heterocycles. The molecule has 0 radical (unpaired) electrons. The van der Waals surface area contributed by atoms with Crippen molar-refractivity contribution in [1.82, 2.24) is 14.0 Å². The highest BCUT2D eigenvalue weighted by Gasteiger charge is 2.29. The van der Waals surface area contributed by atoms with E-state index in [2.05, 4.69) is 60.4 Å². The van der Waals surface area contributed by atoms with E-state index >= 15 is 0 Å². The third-order valence-electron chi connectivity index (χ3n) is 5.18. The van der Waals surface area contributed by atoms with Crippen molar-refractivity contribution in [3.8, 4) is 0 Å². The van der Waals surface area contributed by atoms with Crippen LogP contribution in [0.2, 0.25) is 0 Å². The summed E-state index contributed by atoms with van der Waals surface area (Å²) in [7, 11) is 0. The number of rotatable bonds is 3. The third-order valence-corrected chi connectivity index (χ3v) is 5.18. The van der Waals surface area contributed by atoms with Gasteiger partial charge in [0.1, 0.15) is 0 Å². The van der Waals surface area contributed by atoms with Crippen LogP contribution in [0.4, 0.5) is 0 Å². The Hall–Kier alpha value is -2.49. The van der Waals surface area contributed by atoms with E-state index in [-0.39, 0.29) is 11.9 Å². The molecule has 0 spiro atoms. The molecule has 4 rings (SSSR count). The number of nitrogens with zero attached hydrogens (tertiary/aromatic N) is 3. The van der Waals surface area contributed by atoms with Crippen LogP contribution in [0.1, 0.15) is 42.9 Å². The van der Waals surface area contributed by atoms with Gasteiger partial charge in [-0.25, -0.2) is 0 Å². The van der Waals surface area contributed by atoms with Crippen LogP contribution in [0.3, 0.4) is 0 Å². The normalized spacial score (nSPS) is 17.3. The lowest BCUT2D eigenvalue weighted by molar-refractivity contribution is 0.0646. The lowest BCUT2D eigenvalue weighted by Gasteiger charge is -2.34. The molecule has 0 bridgehead atoms. The summed E-state index contributed by atoms with van der Waals surface area (Å²) in [5.74, 6) is 0.676. The molecule has 1 amide bonds. The second kappa shape index (κ2) is 6.10. The lowest BCUT2D eigenvalue weighted by atomic mass is 10.1. The first-order chi connectivity index (χ1) is 12.1. The van der Waals surface area contributed by atoms with Gasteiger partial charge >= 0.3 is 0 Å². The fourth-order valence-electron chi connectivity index (χ4n) is 3.97. The van der Waals surface area contributed by atoms with Gasteiger partial charge < -0.3 is 14.0 Å². The maximum atomic E-state index is 13.4. The number of hydrogen-bond donors (Lipinski definition) is 0. The van der Waals surface area contributed by atoms with Gasteiger partial charge in [-0.1, -0.05) is 32.0 Å². The second-order valence-electron chi connectivity index (χ2n) is 7.41.